The van der Waals surface area contributed by atoms with Crippen LogP contribution < -0.4 is 5.32 Å². The molecule has 3 N–H and O–H groups in total. The number of aromatic nitrogens is 3. The van der Waals surface area contributed by atoms with E-state index in [2.05, 4.69) is 20.3 Å². The average molecular weight is 294 g/mol. The van der Waals surface area contributed by atoms with Crippen LogP contribution in [0.25, 0.3) is 22.2 Å². The molecule has 3 aromatic rings. The van der Waals surface area contributed by atoms with Crippen LogP contribution in [-0.2, 0) is 0 Å². The third-order valence-electron chi connectivity index (χ3n) is 3.12. The molecule has 0 fully saturated rings. The summed E-state index contributed by atoms with van der Waals surface area (Å²) in [6.07, 6.45) is 2.55. The number of carbonyl (C=O) groups is 1. The number of aromatic amines is 2. The molecule has 0 aliphatic carbocycles. The molecule has 0 aromatic carbocycles. The van der Waals surface area contributed by atoms with Crippen LogP contribution in [0.2, 0.25) is 0 Å². The van der Waals surface area contributed by atoms with Crippen molar-refractivity contribution in [3.8, 4) is 11.1 Å². The van der Waals surface area contributed by atoms with Crippen molar-refractivity contribution < 1.29 is 16.4 Å². The molecular weight excluding hydrogens is 278 g/mol. The minimum atomic E-state index is -2.57. The lowest BCUT2D eigenvalue weighted by Crippen LogP contribution is -2.28. The number of nitrogens with zero attached hydrogens (tertiary/aromatic N) is 1. The zero-order valence-corrected chi connectivity index (χ0v) is 10.9. The summed E-state index contributed by atoms with van der Waals surface area (Å²) < 4.78 is 24.2. The van der Waals surface area contributed by atoms with Crippen molar-refractivity contribution in [2.24, 2.45) is 0 Å². The number of alkyl halides is 2. The molecular formula is C14H16F2N4O. The number of hydrogen-bond acceptors (Lipinski definition) is 2. The first-order valence-electron chi connectivity index (χ1n) is 6.32. The summed E-state index contributed by atoms with van der Waals surface area (Å²) in [5.41, 5.74) is 2.69. The third kappa shape index (κ3) is 2.62. The number of carbonyl (C=O) groups excluding carboxylic acids is 1. The standard InChI is InChI=1S/C14H12F2N4O.2H2/c15-12(16)7-20-14(21)11-5-8(6-19-11)9-1-3-17-13-10(9)2-4-18-13;;/h1-6,12,19H,7H2,(H,17,18)(H,20,21);2*1H. The van der Waals surface area contributed by atoms with Gasteiger partial charge in [-0.2, -0.15) is 0 Å². The number of halogens is 2. The van der Waals surface area contributed by atoms with E-state index in [1.54, 1.807) is 24.7 Å². The van der Waals surface area contributed by atoms with Crippen molar-refractivity contribution in [1.29, 1.82) is 0 Å². The number of hydrogen-bond donors (Lipinski definition) is 3. The highest BCUT2D eigenvalue weighted by molar-refractivity contribution is 5.97. The Morgan fingerprint density at radius 2 is 2.24 bits per heavy atom. The summed E-state index contributed by atoms with van der Waals surface area (Å²) in [6.45, 7) is -0.662. The van der Waals surface area contributed by atoms with Crippen LogP contribution in [0.15, 0.2) is 36.8 Å². The van der Waals surface area contributed by atoms with Crippen molar-refractivity contribution >= 4 is 16.9 Å². The molecule has 3 rings (SSSR count). The zero-order valence-electron chi connectivity index (χ0n) is 10.9. The van der Waals surface area contributed by atoms with Gasteiger partial charge in [-0.3, -0.25) is 4.79 Å². The van der Waals surface area contributed by atoms with Gasteiger partial charge in [-0.1, -0.05) is 0 Å². The lowest BCUT2D eigenvalue weighted by molar-refractivity contribution is 0.0887. The average Bonchev–Trinajstić information content (AvgIpc) is 3.12. The Morgan fingerprint density at radius 1 is 1.38 bits per heavy atom. The molecule has 0 saturated heterocycles. The summed E-state index contributed by atoms with van der Waals surface area (Å²) >= 11 is 0. The number of H-pyrrole nitrogens is 2. The molecule has 3 aromatic heterocycles. The summed E-state index contributed by atoms with van der Waals surface area (Å²) in [7, 11) is 0. The van der Waals surface area contributed by atoms with Crippen LogP contribution >= 0.6 is 0 Å². The molecule has 0 saturated carbocycles. The maximum Gasteiger partial charge on any atom is 0.267 e. The van der Waals surface area contributed by atoms with E-state index < -0.39 is 18.9 Å². The Labute approximate surface area is 121 Å². The molecule has 5 nitrogen and oxygen atoms in total. The van der Waals surface area contributed by atoms with Gasteiger partial charge in [-0.25, -0.2) is 13.8 Å². The van der Waals surface area contributed by atoms with E-state index >= 15 is 0 Å². The Kier molecular flexibility index (Phi) is 3.39. The molecule has 3 heterocycles. The van der Waals surface area contributed by atoms with Gasteiger partial charge in [-0.15, -0.1) is 0 Å². The van der Waals surface area contributed by atoms with E-state index in [4.69, 9.17) is 0 Å². The third-order valence-corrected chi connectivity index (χ3v) is 3.12. The van der Waals surface area contributed by atoms with Gasteiger partial charge in [0.2, 0.25) is 0 Å². The number of rotatable bonds is 4. The van der Waals surface area contributed by atoms with Crippen LogP contribution in [-0.4, -0.2) is 33.8 Å². The lowest BCUT2D eigenvalue weighted by Gasteiger charge is -2.01. The second-order valence-electron chi connectivity index (χ2n) is 4.50. The van der Waals surface area contributed by atoms with Crippen LogP contribution in [0.3, 0.4) is 0 Å². The van der Waals surface area contributed by atoms with Gasteiger partial charge in [0.15, 0.2) is 0 Å². The molecule has 0 unspecified atom stereocenters. The van der Waals surface area contributed by atoms with E-state index in [0.29, 0.717) is 0 Å². The summed E-state index contributed by atoms with van der Waals surface area (Å²) in [4.78, 5) is 21.7. The summed E-state index contributed by atoms with van der Waals surface area (Å²) in [5.74, 6) is -0.555. The zero-order chi connectivity index (χ0) is 14.8. The predicted octanol–water partition coefficient (Wildman–Crippen LogP) is 3.04. The van der Waals surface area contributed by atoms with E-state index in [1.807, 2.05) is 12.1 Å². The molecule has 21 heavy (non-hydrogen) atoms. The van der Waals surface area contributed by atoms with E-state index in [-0.39, 0.29) is 8.55 Å². The van der Waals surface area contributed by atoms with E-state index in [1.165, 1.54) is 0 Å². The second kappa shape index (κ2) is 5.35. The first-order chi connectivity index (χ1) is 10.1. The fourth-order valence-corrected chi connectivity index (χ4v) is 2.16. The smallest absolute Gasteiger partial charge is 0.267 e. The molecule has 0 aliphatic rings. The Hall–Kier alpha value is -2.70. The SMILES string of the molecule is O=C(NCC(F)F)c1cc(-c2ccnc3[nH]ccc23)c[nH]1.[HH].[HH]. The van der Waals surface area contributed by atoms with Crippen molar-refractivity contribution in [2.45, 2.75) is 6.43 Å². The number of amides is 1. The van der Waals surface area contributed by atoms with Crippen LogP contribution in [0.5, 0.6) is 0 Å². The van der Waals surface area contributed by atoms with Crippen molar-refractivity contribution in [3.63, 3.8) is 0 Å². The largest absolute Gasteiger partial charge is 0.357 e. The van der Waals surface area contributed by atoms with Crippen molar-refractivity contribution in [2.75, 3.05) is 6.54 Å². The van der Waals surface area contributed by atoms with E-state index in [9.17, 15) is 13.6 Å². The Bertz CT molecular complexity index is 788. The van der Waals surface area contributed by atoms with Gasteiger partial charge in [0, 0.05) is 32.4 Å². The summed E-state index contributed by atoms with van der Waals surface area (Å²) in [5, 5.41) is 3.08. The maximum atomic E-state index is 12.1. The molecule has 112 valence electrons. The molecule has 0 radical (unpaired) electrons. The van der Waals surface area contributed by atoms with Gasteiger partial charge in [0.25, 0.3) is 12.3 Å². The first kappa shape index (κ1) is 13.3. The van der Waals surface area contributed by atoms with Crippen LogP contribution in [0.1, 0.15) is 13.3 Å². The fourth-order valence-electron chi connectivity index (χ4n) is 2.16. The minimum absolute atomic E-state index is 0. The van der Waals surface area contributed by atoms with E-state index in [0.717, 1.165) is 22.2 Å². The monoisotopic (exact) mass is 294 g/mol. The van der Waals surface area contributed by atoms with Crippen LogP contribution in [0.4, 0.5) is 8.78 Å². The molecule has 0 spiro atoms. The second-order valence-corrected chi connectivity index (χ2v) is 4.50. The quantitative estimate of drug-likeness (QED) is 0.692. The van der Waals surface area contributed by atoms with Crippen molar-refractivity contribution in [3.05, 3.63) is 42.5 Å². The highest BCUT2D eigenvalue weighted by Gasteiger charge is 2.13. The summed E-state index contributed by atoms with van der Waals surface area (Å²) in [6, 6.07) is 5.35. The Morgan fingerprint density at radius 3 is 3.05 bits per heavy atom. The highest BCUT2D eigenvalue weighted by Crippen LogP contribution is 2.27. The molecule has 1 amide bonds. The topological polar surface area (TPSA) is 73.6 Å². The number of pyridine rings is 1. The first-order valence-corrected chi connectivity index (χ1v) is 6.32. The van der Waals surface area contributed by atoms with Crippen LogP contribution in [0, 0.1) is 0 Å². The maximum absolute atomic E-state index is 12.1. The predicted molar refractivity (Wildman–Crippen MR) is 78.4 cm³/mol. The minimum Gasteiger partial charge on any atom is -0.357 e. The van der Waals surface area contributed by atoms with Gasteiger partial charge in [0.1, 0.15) is 11.3 Å². The molecule has 0 aliphatic heterocycles. The molecule has 7 heteroatoms. The van der Waals surface area contributed by atoms with Gasteiger partial charge >= 0.3 is 0 Å². The number of fused-ring (bicyclic) bond motifs is 1. The normalized spacial score (nSPS) is 11.2. The Balaban J connectivity index is 0.00000132. The van der Waals surface area contributed by atoms with Crippen molar-refractivity contribution in [1.82, 2.24) is 20.3 Å². The lowest BCUT2D eigenvalue weighted by atomic mass is 10.1. The fraction of sp³-hybridized carbons (Fsp3) is 0.143. The molecule has 0 atom stereocenters. The molecule has 0 bridgehead atoms. The van der Waals surface area contributed by atoms with Gasteiger partial charge in [-0.05, 0) is 23.8 Å². The van der Waals surface area contributed by atoms with Gasteiger partial charge in [0.05, 0.1) is 6.54 Å². The number of nitrogens with one attached hydrogen (secondary N) is 3. The highest BCUT2D eigenvalue weighted by atomic mass is 19.3. The van der Waals surface area contributed by atoms with Gasteiger partial charge < -0.3 is 15.3 Å².